The maximum Gasteiger partial charge on any atom is 0.255 e. The van der Waals surface area contributed by atoms with Gasteiger partial charge in [0.15, 0.2) is 0 Å². The van der Waals surface area contributed by atoms with E-state index in [9.17, 15) is 4.79 Å². The molecule has 110 valence electrons. The molecule has 5 heteroatoms. The van der Waals surface area contributed by atoms with Gasteiger partial charge in [-0.2, -0.15) is 0 Å². The van der Waals surface area contributed by atoms with E-state index in [1.165, 1.54) is 17.7 Å². The van der Waals surface area contributed by atoms with Crippen molar-refractivity contribution in [2.24, 2.45) is 5.92 Å². The highest BCUT2D eigenvalue weighted by atomic mass is 16.3. The Balaban J connectivity index is 2.01. The van der Waals surface area contributed by atoms with Gasteiger partial charge in [-0.3, -0.25) is 4.79 Å². The third-order valence-corrected chi connectivity index (χ3v) is 3.88. The van der Waals surface area contributed by atoms with Crippen LogP contribution in [0.15, 0.2) is 18.3 Å². The number of piperidine rings is 1. The fraction of sp³-hybridized carbons (Fsp3) is 0.600. The number of likely N-dealkylation sites (N-methyl/N-ethyl adjacent to an activating group) is 1. The molecule has 5 nitrogen and oxygen atoms in total. The van der Waals surface area contributed by atoms with Gasteiger partial charge in [0.1, 0.15) is 5.82 Å². The lowest BCUT2D eigenvalue weighted by Crippen LogP contribution is -2.33. The molecule has 1 fully saturated rings. The first kappa shape index (κ1) is 14.8. The molecular formula is C15H23N3O2. The van der Waals surface area contributed by atoms with Crippen LogP contribution in [0.3, 0.4) is 0 Å². The smallest absolute Gasteiger partial charge is 0.255 e. The molecule has 1 saturated heterocycles. The van der Waals surface area contributed by atoms with Crippen LogP contribution in [0, 0.1) is 5.92 Å². The maximum atomic E-state index is 12.0. The third-order valence-electron chi connectivity index (χ3n) is 3.88. The zero-order chi connectivity index (χ0) is 14.5. The van der Waals surface area contributed by atoms with E-state index in [4.69, 9.17) is 5.11 Å². The van der Waals surface area contributed by atoms with E-state index in [2.05, 4.69) is 16.8 Å². The number of aliphatic hydroxyl groups is 1. The van der Waals surface area contributed by atoms with Crippen molar-refractivity contribution in [1.29, 1.82) is 0 Å². The van der Waals surface area contributed by atoms with Crippen molar-refractivity contribution in [3.05, 3.63) is 23.9 Å². The second kappa shape index (κ2) is 6.70. The molecule has 1 aliphatic rings. The Hall–Kier alpha value is -1.62. The molecular weight excluding hydrogens is 254 g/mol. The van der Waals surface area contributed by atoms with E-state index in [0.717, 1.165) is 24.8 Å². The Morgan fingerprint density at radius 3 is 2.70 bits per heavy atom. The summed E-state index contributed by atoms with van der Waals surface area (Å²) >= 11 is 0. The van der Waals surface area contributed by atoms with Crippen LogP contribution in [0.5, 0.6) is 0 Å². The highest BCUT2D eigenvalue weighted by Gasteiger charge is 2.17. The molecule has 0 radical (unpaired) electrons. The predicted molar refractivity (Wildman–Crippen MR) is 78.9 cm³/mol. The van der Waals surface area contributed by atoms with Crippen LogP contribution in [-0.4, -0.2) is 54.2 Å². The van der Waals surface area contributed by atoms with Crippen LogP contribution in [0.25, 0.3) is 0 Å². The molecule has 2 rings (SSSR count). The first-order valence-electron chi connectivity index (χ1n) is 7.19. The van der Waals surface area contributed by atoms with Crippen molar-refractivity contribution in [3.8, 4) is 0 Å². The minimum atomic E-state index is -0.106. The molecule has 0 atom stereocenters. The fourth-order valence-electron chi connectivity index (χ4n) is 2.41. The highest BCUT2D eigenvalue weighted by molar-refractivity contribution is 5.93. The van der Waals surface area contributed by atoms with Crippen LogP contribution in [0.4, 0.5) is 5.82 Å². The van der Waals surface area contributed by atoms with Gasteiger partial charge >= 0.3 is 0 Å². The average Bonchev–Trinajstić information content (AvgIpc) is 2.48. The van der Waals surface area contributed by atoms with Gasteiger partial charge in [-0.05, 0) is 30.9 Å². The largest absolute Gasteiger partial charge is 0.395 e. The molecule has 0 aromatic carbocycles. The summed E-state index contributed by atoms with van der Waals surface area (Å²) in [6, 6.07) is 3.73. The molecule has 0 spiro atoms. The van der Waals surface area contributed by atoms with Gasteiger partial charge in [0.05, 0.1) is 12.2 Å². The molecule has 0 aliphatic carbocycles. The summed E-state index contributed by atoms with van der Waals surface area (Å²) < 4.78 is 0. The number of nitrogens with zero attached hydrogens (tertiary/aromatic N) is 3. The third kappa shape index (κ3) is 3.48. The van der Waals surface area contributed by atoms with Crippen LogP contribution in [0.2, 0.25) is 0 Å². The number of aliphatic hydroxyl groups excluding tert-OH is 1. The van der Waals surface area contributed by atoms with Crippen LogP contribution < -0.4 is 4.90 Å². The zero-order valence-electron chi connectivity index (χ0n) is 12.2. The monoisotopic (exact) mass is 277 g/mol. The van der Waals surface area contributed by atoms with E-state index >= 15 is 0 Å². The Labute approximate surface area is 120 Å². The van der Waals surface area contributed by atoms with Gasteiger partial charge in [0, 0.05) is 32.9 Å². The van der Waals surface area contributed by atoms with Crippen LogP contribution >= 0.6 is 0 Å². The normalized spacial score (nSPS) is 16.2. The standard InChI is InChI=1S/C15H23N3O2/c1-12-5-7-18(8-6-12)14-4-3-13(11-16-14)15(20)17(2)9-10-19/h3-4,11-12,19H,5-10H2,1-2H3. The van der Waals surface area contributed by atoms with Gasteiger partial charge in [-0.1, -0.05) is 6.92 Å². The Morgan fingerprint density at radius 2 is 2.15 bits per heavy atom. The van der Waals surface area contributed by atoms with Crippen LogP contribution in [-0.2, 0) is 0 Å². The summed E-state index contributed by atoms with van der Waals surface area (Å²) in [4.78, 5) is 20.2. The van der Waals surface area contributed by atoms with Crippen molar-refractivity contribution in [1.82, 2.24) is 9.88 Å². The second-order valence-corrected chi connectivity index (χ2v) is 5.52. The number of anilines is 1. The molecule has 1 aromatic rings. The summed E-state index contributed by atoms with van der Waals surface area (Å²) in [5, 5.41) is 8.85. The first-order chi connectivity index (χ1) is 9.61. The SMILES string of the molecule is CC1CCN(c2ccc(C(=O)N(C)CCO)cn2)CC1. The molecule has 0 bridgehead atoms. The molecule has 20 heavy (non-hydrogen) atoms. The number of rotatable bonds is 4. The summed E-state index contributed by atoms with van der Waals surface area (Å²) in [6.07, 6.45) is 4.02. The molecule has 0 saturated carbocycles. The number of amides is 1. The molecule has 1 aliphatic heterocycles. The lowest BCUT2D eigenvalue weighted by Gasteiger charge is -2.31. The lowest BCUT2D eigenvalue weighted by atomic mass is 9.99. The Bertz CT molecular complexity index is 439. The number of aromatic nitrogens is 1. The Kier molecular flexibility index (Phi) is 4.95. The summed E-state index contributed by atoms with van der Waals surface area (Å²) in [5.41, 5.74) is 0.565. The van der Waals surface area contributed by atoms with Gasteiger partial charge < -0.3 is 14.9 Å². The number of pyridine rings is 1. The first-order valence-corrected chi connectivity index (χ1v) is 7.19. The van der Waals surface area contributed by atoms with Crippen molar-refractivity contribution in [2.75, 3.05) is 38.2 Å². The zero-order valence-corrected chi connectivity index (χ0v) is 12.2. The van der Waals surface area contributed by atoms with Crippen molar-refractivity contribution in [2.45, 2.75) is 19.8 Å². The van der Waals surface area contributed by atoms with Crippen molar-refractivity contribution in [3.63, 3.8) is 0 Å². The average molecular weight is 277 g/mol. The molecule has 1 amide bonds. The van der Waals surface area contributed by atoms with Gasteiger partial charge in [0.2, 0.25) is 0 Å². The van der Waals surface area contributed by atoms with Gasteiger partial charge in [0.25, 0.3) is 5.91 Å². The topological polar surface area (TPSA) is 56.7 Å². The fourth-order valence-corrected chi connectivity index (χ4v) is 2.41. The quantitative estimate of drug-likeness (QED) is 0.903. The molecule has 1 aromatic heterocycles. The van der Waals surface area contributed by atoms with E-state index in [1.807, 2.05) is 12.1 Å². The Morgan fingerprint density at radius 1 is 1.45 bits per heavy atom. The number of carbonyl (C=O) groups excluding carboxylic acids is 1. The van der Waals surface area contributed by atoms with E-state index in [0.29, 0.717) is 12.1 Å². The number of hydrogen-bond donors (Lipinski definition) is 1. The van der Waals surface area contributed by atoms with E-state index in [-0.39, 0.29) is 12.5 Å². The number of carbonyl (C=O) groups is 1. The molecule has 1 N–H and O–H groups in total. The lowest BCUT2D eigenvalue weighted by molar-refractivity contribution is 0.0766. The minimum absolute atomic E-state index is 0.0281. The van der Waals surface area contributed by atoms with Crippen LogP contribution in [0.1, 0.15) is 30.1 Å². The summed E-state index contributed by atoms with van der Waals surface area (Å²) in [5.74, 6) is 1.63. The van der Waals surface area contributed by atoms with E-state index < -0.39 is 0 Å². The van der Waals surface area contributed by atoms with Gasteiger partial charge in [-0.25, -0.2) is 4.98 Å². The predicted octanol–water partition coefficient (Wildman–Crippen LogP) is 1.38. The van der Waals surface area contributed by atoms with Crippen molar-refractivity contribution < 1.29 is 9.90 Å². The molecule has 2 heterocycles. The minimum Gasteiger partial charge on any atom is -0.395 e. The molecule has 0 unspecified atom stereocenters. The van der Waals surface area contributed by atoms with Gasteiger partial charge in [-0.15, -0.1) is 0 Å². The second-order valence-electron chi connectivity index (χ2n) is 5.52. The summed E-state index contributed by atoms with van der Waals surface area (Å²) in [6.45, 7) is 4.66. The maximum absolute atomic E-state index is 12.0. The van der Waals surface area contributed by atoms with E-state index in [1.54, 1.807) is 13.2 Å². The summed E-state index contributed by atoms with van der Waals surface area (Å²) in [7, 11) is 1.68. The number of hydrogen-bond acceptors (Lipinski definition) is 4. The van der Waals surface area contributed by atoms with Crippen molar-refractivity contribution >= 4 is 11.7 Å². The highest BCUT2D eigenvalue weighted by Crippen LogP contribution is 2.21.